The van der Waals surface area contributed by atoms with Crippen molar-refractivity contribution in [2.75, 3.05) is 23.8 Å². The molecule has 1 aliphatic rings. The van der Waals surface area contributed by atoms with Gasteiger partial charge in [0.1, 0.15) is 22.9 Å². The third-order valence-electron chi connectivity index (χ3n) is 6.17. The molecule has 0 atom stereocenters. The van der Waals surface area contributed by atoms with Gasteiger partial charge in [0, 0.05) is 30.5 Å². The number of aromatic nitrogens is 2. The first kappa shape index (κ1) is 24.6. The molecular formula is C26H34N4O5. The summed E-state index contributed by atoms with van der Waals surface area (Å²) < 4.78 is 13.1. The number of nitrogens with two attached hydrogens (primary N) is 1. The number of aryl methyl sites for hydroxylation is 2. The van der Waals surface area contributed by atoms with Crippen molar-refractivity contribution in [3.63, 3.8) is 0 Å². The van der Waals surface area contributed by atoms with E-state index in [1.807, 2.05) is 39.8 Å². The fourth-order valence-electron chi connectivity index (χ4n) is 4.62. The number of rotatable bonds is 8. The molecular weight excluding hydrogens is 448 g/mol. The molecule has 2 heterocycles. The van der Waals surface area contributed by atoms with Gasteiger partial charge in [0.15, 0.2) is 12.3 Å². The Kier molecular flexibility index (Phi) is 7.05. The van der Waals surface area contributed by atoms with Gasteiger partial charge in [-0.15, -0.1) is 0 Å². The molecule has 0 bridgehead atoms. The quantitative estimate of drug-likeness (QED) is 0.507. The minimum atomic E-state index is -0.687. The van der Waals surface area contributed by atoms with Gasteiger partial charge in [-0.05, 0) is 49.3 Å². The van der Waals surface area contributed by atoms with Crippen molar-refractivity contribution in [3.05, 3.63) is 50.4 Å². The Morgan fingerprint density at radius 3 is 2.63 bits per heavy atom. The second-order valence-electron chi connectivity index (χ2n) is 10.1. The fraction of sp³-hybridized carbons (Fsp3) is 0.500. The predicted molar refractivity (Wildman–Crippen MR) is 136 cm³/mol. The van der Waals surface area contributed by atoms with E-state index >= 15 is 0 Å². The lowest BCUT2D eigenvalue weighted by atomic mass is 9.96. The number of fused-ring (bicyclic) bond motifs is 3. The number of hydrogen-bond acceptors (Lipinski definition) is 6. The van der Waals surface area contributed by atoms with Gasteiger partial charge < -0.3 is 19.8 Å². The number of carbonyl (C=O) groups excluding carboxylic acids is 1. The molecule has 2 aromatic heterocycles. The van der Waals surface area contributed by atoms with Crippen LogP contribution in [-0.2, 0) is 24.2 Å². The lowest BCUT2D eigenvalue weighted by Crippen LogP contribution is -2.44. The standard InChI is InChI=1S/C26H34N4O5/c1-15(2)12-29(23-24(27)30(13-16(3)4)26(33)28-25(23)32)22(31)14-34-17-9-10-21-19(11-17)18-7-5-6-8-20(18)35-21/h9-11,15-16H,5-8,12-14,27H2,1-4H3,(H,28,32,33). The number of nitrogen functional groups attached to an aromatic ring is 1. The van der Waals surface area contributed by atoms with E-state index in [0.29, 0.717) is 12.3 Å². The van der Waals surface area contributed by atoms with E-state index in [-0.39, 0.29) is 36.5 Å². The van der Waals surface area contributed by atoms with Crippen LogP contribution in [0.2, 0.25) is 0 Å². The molecule has 0 spiro atoms. The topological polar surface area (TPSA) is 124 Å². The zero-order chi connectivity index (χ0) is 25.3. The highest BCUT2D eigenvalue weighted by Crippen LogP contribution is 2.34. The molecule has 0 aliphatic heterocycles. The van der Waals surface area contributed by atoms with Gasteiger partial charge in [-0.25, -0.2) is 4.79 Å². The summed E-state index contributed by atoms with van der Waals surface area (Å²) in [7, 11) is 0. The van der Waals surface area contributed by atoms with Crippen LogP contribution in [0.25, 0.3) is 11.0 Å². The second kappa shape index (κ2) is 10.0. The molecule has 0 saturated carbocycles. The van der Waals surface area contributed by atoms with Gasteiger partial charge in [-0.1, -0.05) is 27.7 Å². The average Bonchev–Trinajstić information content (AvgIpc) is 3.17. The molecule has 3 N–H and O–H groups in total. The number of hydrogen-bond donors (Lipinski definition) is 2. The van der Waals surface area contributed by atoms with Gasteiger partial charge in [0.2, 0.25) is 0 Å². The molecule has 9 nitrogen and oxygen atoms in total. The minimum absolute atomic E-state index is 0.0205. The molecule has 9 heteroatoms. The summed E-state index contributed by atoms with van der Waals surface area (Å²) in [6.45, 7) is 8.05. The molecule has 1 amide bonds. The number of nitrogens with zero attached hydrogens (tertiary/aromatic N) is 2. The van der Waals surface area contributed by atoms with E-state index < -0.39 is 17.2 Å². The molecule has 188 valence electrons. The van der Waals surface area contributed by atoms with E-state index in [1.54, 1.807) is 6.07 Å². The van der Waals surface area contributed by atoms with E-state index in [2.05, 4.69) is 4.98 Å². The molecule has 0 fully saturated rings. The molecule has 4 rings (SSSR count). The van der Waals surface area contributed by atoms with E-state index in [1.165, 1.54) is 15.0 Å². The summed E-state index contributed by atoms with van der Waals surface area (Å²) in [5.41, 5.74) is 7.01. The largest absolute Gasteiger partial charge is 0.484 e. The van der Waals surface area contributed by atoms with Crippen LogP contribution in [-0.4, -0.2) is 28.6 Å². The van der Waals surface area contributed by atoms with Gasteiger partial charge in [0.05, 0.1) is 0 Å². The van der Waals surface area contributed by atoms with Crippen LogP contribution >= 0.6 is 0 Å². The number of aromatic amines is 1. The third-order valence-corrected chi connectivity index (χ3v) is 6.17. The number of nitrogens with one attached hydrogen (secondary N) is 1. The Morgan fingerprint density at radius 2 is 1.91 bits per heavy atom. The van der Waals surface area contributed by atoms with E-state index in [9.17, 15) is 14.4 Å². The maximum Gasteiger partial charge on any atom is 0.330 e. The number of furan rings is 1. The van der Waals surface area contributed by atoms with Crippen molar-refractivity contribution in [1.29, 1.82) is 0 Å². The molecule has 0 unspecified atom stereocenters. The first-order chi connectivity index (χ1) is 16.7. The molecule has 35 heavy (non-hydrogen) atoms. The smallest absolute Gasteiger partial charge is 0.330 e. The van der Waals surface area contributed by atoms with Crippen molar-refractivity contribution in [2.45, 2.75) is 59.9 Å². The summed E-state index contributed by atoms with van der Waals surface area (Å²) in [4.78, 5) is 42.1. The lowest BCUT2D eigenvalue weighted by Gasteiger charge is -2.26. The van der Waals surface area contributed by atoms with Gasteiger partial charge in [-0.2, -0.15) is 0 Å². The Hall–Kier alpha value is -3.49. The molecule has 0 saturated heterocycles. The van der Waals surface area contributed by atoms with E-state index in [4.69, 9.17) is 14.9 Å². The Labute approximate surface area is 203 Å². The van der Waals surface area contributed by atoms with Gasteiger partial charge >= 0.3 is 5.69 Å². The predicted octanol–water partition coefficient (Wildman–Crippen LogP) is 3.47. The van der Waals surface area contributed by atoms with Crippen molar-refractivity contribution in [3.8, 4) is 5.75 Å². The van der Waals surface area contributed by atoms with Crippen LogP contribution in [0, 0.1) is 11.8 Å². The van der Waals surface area contributed by atoms with Gasteiger partial charge in [-0.3, -0.25) is 19.1 Å². The lowest BCUT2D eigenvalue weighted by molar-refractivity contribution is -0.120. The number of carbonyl (C=O) groups is 1. The Morgan fingerprint density at radius 1 is 1.17 bits per heavy atom. The monoisotopic (exact) mass is 482 g/mol. The molecule has 1 aromatic carbocycles. The van der Waals surface area contributed by atoms with Gasteiger partial charge in [0.25, 0.3) is 11.5 Å². The number of benzene rings is 1. The maximum atomic E-state index is 13.3. The Balaban J connectivity index is 1.61. The minimum Gasteiger partial charge on any atom is -0.484 e. The van der Waals surface area contributed by atoms with Crippen LogP contribution in [0.4, 0.5) is 11.5 Å². The first-order valence-electron chi connectivity index (χ1n) is 12.3. The SMILES string of the molecule is CC(C)CN(C(=O)COc1ccc2oc3c(c2c1)CCCC3)c1c(N)n(CC(C)C)c(=O)[nH]c1=O. The third kappa shape index (κ3) is 5.13. The highest BCUT2D eigenvalue weighted by atomic mass is 16.5. The zero-order valence-electron chi connectivity index (χ0n) is 20.8. The summed E-state index contributed by atoms with van der Waals surface area (Å²) in [6.07, 6.45) is 4.17. The molecule has 3 aromatic rings. The first-order valence-corrected chi connectivity index (χ1v) is 12.3. The molecule has 1 aliphatic carbocycles. The van der Waals surface area contributed by atoms with Crippen LogP contribution in [0.15, 0.2) is 32.2 Å². The average molecular weight is 483 g/mol. The number of amides is 1. The summed E-state index contributed by atoms with van der Waals surface area (Å²) >= 11 is 0. The van der Waals surface area contributed by atoms with Crippen LogP contribution in [0.5, 0.6) is 5.75 Å². The highest BCUT2D eigenvalue weighted by molar-refractivity contribution is 5.96. The number of ether oxygens (including phenoxy) is 1. The van der Waals surface area contributed by atoms with Crippen LogP contribution < -0.4 is 26.6 Å². The maximum absolute atomic E-state index is 13.3. The van der Waals surface area contributed by atoms with Crippen molar-refractivity contribution in [1.82, 2.24) is 9.55 Å². The van der Waals surface area contributed by atoms with Crippen molar-refractivity contribution >= 4 is 28.4 Å². The zero-order valence-corrected chi connectivity index (χ0v) is 20.8. The van der Waals surface area contributed by atoms with Crippen LogP contribution in [0.1, 0.15) is 51.9 Å². The second-order valence-corrected chi connectivity index (χ2v) is 10.1. The van der Waals surface area contributed by atoms with Crippen LogP contribution in [0.3, 0.4) is 0 Å². The normalized spacial score (nSPS) is 13.4. The van der Waals surface area contributed by atoms with Crippen molar-refractivity contribution < 1.29 is 13.9 Å². The Bertz CT molecular complexity index is 1350. The summed E-state index contributed by atoms with van der Waals surface area (Å²) in [5.74, 6) is 1.32. The fourth-order valence-corrected chi connectivity index (χ4v) is 4.62. The summed E-state index contributed by atoms with van der Waals surface area (Å²) in [5, 5.41) is 1.02. The highest BCUT2D eigenvalue weighted by Gasteiger charge is 2.26. The van der Waals surface area contributed by atoms with Crippen molar-refractivity contribution in [2.24, 2.45) is 11.8 Å². The number of H-pyrrole nitrogens is 1. The number of anilines is 2. The van der Waals surface area contributed by atoms with E-state index in [0.717, 1.165) is 42.4 Å². The summed E-state index contributed by atoms with van der Waals surface area (Å²) in [6, 6.07) is 5.55. The molecule has 0 radical (unpaired) electrons.